The van der Waals surface area contributed by atoms with E-state index < -0.39 is 10.0 Å². The lowest BCUT2D eigenvalue weighted by Gasteiger charge is -2.37. The molecule has 2 N–H and O–H groups in total. The van der Waals surface area contributed by atoms with Crippen molar-refractivity contribution in [2.24, 2.45) is 0 Å². The fraction of sp³-hybridized carbons (Fsp3) is 0.273. The lowest BCUT2D eigenvalue weighted by atomic mass is 10.0. The molecule has 0 spiro atoms. The summed E-state index contributed by atoms with van der Waals surface area (Å²) in [5.74, 6) is 0. The van der Waals surface area contributed by atoms with Gasteiger partial charge < -0.3 is 5.32 Å². The molecule has 5 rings (SSSR count). The van der Waals surface area contributed by atoms with Gasteiger partial charge in [-0.3, -0.25) is 4.90 Å². The highest BCUT2D eigenvalue weighted by molar-refractivity contribution is 7.89. The van der Waals surface area contributed by atoms with Gasteiger partial charge in [0.2, 0.25) is 10.0 Å². The van der Waals surface area contributed by atoms with Crippen LogP contribution in [-0.2, 0) is 10.0 Å². The Morgan fingerprint density at radius 1 is 0.857 bits per heavy atom. The second-order valence-corrected chi connectivity index (χ2v) is 9.15. The van der Waals surface area contributed by atoms with Gasteiger partial charge in [0, 0.05) is 26.2 Å². The highest BCUT2D eigenvalue weighted by Crippen LogP contribution is 2.47. The van der Waals surface area contributed by atoms with Crippen LogP contribution in [0, 0.1) is 0 Å². The van der Waals surface area contributed by atoms with Crippen molar-refractivity contribution in [1.82, 2.24) is 14.9 Å². The number of hydrogen-bond donors (Lipinski definition) is 2. The largest absolute Gasteiger partial charge is 0.314 e. The van der Waals surface area contributed by atoms with Crippen LogP contribution in [0.4, 0.5) is 0 Å². The zero-order valence-corrected chi connectivity index (χ0v) is 16.3. The smallest absolute Gasteiger partial charge is 0.241 e. The van der Waals surface area contributed by atoms with Gasteiger partial charge in [0.15, 0.2) is 0 Å². The Morgan fingerprint density at radius 2 is 1.54 bits per heavy atom. The van der Waals surface area contributed by atoms with Crippen LogP contribution in [0.2, 0.25) is 0 Å². The molecule has 2 aliphatic rings. The predicted molar refractivity (Wildman–Crippen MR) is 111 cm³/mol. The van der Waals surface area contributed by atoms with Crippen LogP contribution in [0.1, 0.15) is 23.2 Å². The minimum atomic E-state index is -3.62. The molecule has 0 radical (unpaired) electrons. The maximum absolute atomic E-state index is 13.1. The van der Waals surface area contributed by atoms with E-state index in [1.807, 2.05) is 12.1 Å². The van der Waals surface area contributed by atoms with Gasteiger partial charge in [0.1, 0.15) is 0 Å². The van der Waals surface area contributed by atoms with E-state index in [2.05, 4.69) is 45.3 Å². The molecular formula is C22H23N3O2S. The SMILES string of the molecule is O=S(=O)(N[C@@H]1c2cccc3cccc(c23)[C@H]1N1CCNCC1)c1ccccc1. The highest BCUT2D eigenvalue weighted by Gasteiger charge is 2.40. The Kier molecular flexibility index (Phi) is 4.44. The number of nitrogens with one attached hydrogen (secondary N) is 2. The average Bonchev–Trinajstić information content (AvgIpc) is 3.04. The van der Waals surface area contributed by atoms with Gasteiger partial charge in [-0.1, -0.05) is 54.6 Å². The van der Waals surface area contributed by atoms with Crippen LogP contribution >= 0.6 is 0 Å². The van der Waals surface area contributed by atoms with Crippen molar-refractivity contribution >= 4 is 20.8 Å². The predicted octanol–water partition coefficient (Wildman–Crippen LogP) is 2.82. The summed E-state index contributed by atoms with van der Waals surface area (Å²) in [6, 6.07) is 20.8. The van der Waals surface area contributed by atoms with E-state index in [9.17, 15) is 8.42 Å². The molecule has 0 saturated carbocycles. The molecule has 1 aliphatic heterocycles. The van der Waals surface area contributed by atoms with Crippen LogP contribution in [0.3, 0.4) is 0 Å². The molecule has 3 aromatic carbocycles. The molecule has 0 aromatic heterocycles. The van der Waals surface area contributed by atoms with E-state index in [0.29, 0.717) is 4.90 Å². The lowest BCUT2D eigenvalue weighted by molar-refractivity contribution is 0.152. The average molecular weight is 394 g/mol. The van der Waals surface area contributed by atoms with E-state index in [0.717, 1.165) is 37.1 Å². The maximum atomic E-state index is 13.1. The van der Waals surface area contributed by atoms with Gasteiger partial charge in [-0.2, -0.15) is 0 Å². The Bertz CT molecular complexity index is 1100. The normalized spacial score (nSPS) is 22.6. The van der Waals surface area contributed by atoms with E-state index >= 15 is 0 Å². The number of nitrogens with zero attached hydrogens (tertiary/aromatic N) is 1. The molecule has 0 bridgehead atoms. The van der Waals surface area contributed by atoms with Crippen molar-refractivity contribution in [3.05, 3.63) is 77.9 Å². The van der Waals surface area contributed by atoms with Crippen molar-refractivity contribution in [3.8, 4) is 0 Å². The lowest BCUT2D eigenvalue weighted by Crippen LogP contribution is -2.48. The Labute approximate surface area is 165 Å². The first-order valence-electron chi connectivity index (χ1n) is 9.69. The summed E-state index contributed by atoms with van der Waals surface area (Å²) in [7, 11) is -3.62. The summed E-state index contributed by atoms with van der Waals surface area (Å²) in [6.45, 7) is 3.64. The summed E-state index contributed by atoms with van der Waals surface area (Å²) in [6.07, 6.45) is 0. The molecule has 1 saturated heterocycles. The first-order valence-corrected chi connectivity index (χ1v) is 11.2. The highest BCUT2D eigenvalue weighted by atomic mass is 32.2. The zero-order valence-electron chi connectivity index (χ0n) is 15.5. The minimum absolute atomic E-state index is 0.00156. The molecule has 5 nitrogen and oxygen atoms in total. The van der Waals surface area contributed by atoms with Gasteiger partial charge in [-0.25, -0.2) is 13.1 Å². The van der Waals surface area contributed by atoms with Gasteiger partial charge in [-0.05, 0) is 34.0 Å². The van der Waals surface area contributed by atoms with Crippen LogP contribution in [0.25, 0.3) is 10.8 Å². The van der Waals surface area contributed by atoms with E-state index in [1.54, 1.807) is 24.3 Å². The first-order chi connectivity index (χ1) is 13.6. The molecule has 2 atom stereocenters. The number of piperazine rings is 1. The van der Waals surface area contributed by atoms with E-state index in [-0.39, 0.29) is 12.1 Å². The van der Waals surface area contributed by atoms with Crippen molar-refractivity contribution in [3.63, 3.8) is 0 Å². The third-order valence-electron chi connectivity index (χ3n) is 5.82. The van der Waals surface area contributed by atoms with Gasteiger partial charge >= 0.3 is 0 Å². The Balaban J connectivity index is 1.61. The second kappa shape index (κ2) is 6.97. The number of rotatable bonds is 4. The molecule has 6 heteroatoms. The molecule has 28 heavy (non-hydrogen) atoms. The van der Waals surface area contributed by atoms with Crippen LogP contribution in [0.15, 0.2) is 71.6 Å². The number of sulfonamides is 1. The molecule has 0 unspecified atom stereocenters. The summed E-state index contributed by atoms with van der Waals surface area (Å²) >= 11 is 0. The molecule has 1 heterocycles. The second-order valence-electron chi connectivity index (χ2n) is 7.44. The molecule has 1 aliphatic carbocycles. The fourth-order valence-corrected chi connectivity index (χ4v) is 5.83. The Morgan fingerprint density at radius 3 is 2.25 bits per heavy atom. The fourth-order valence-electron chi connectivity index (χ4n) is 4.59. The van der Waals surface area contributed by atoms with Gasteiger partial charge in [-0.15, -0.1) is 0 Å². The molecule has 3 aromatic rings. The third-order valence-corrected chi connectivity index (χ3v) is 7.28. The zero-order chi connectivity index (χ0) is 19.1. The van der Waals surface area contributed by atoms with Crippen molar-refractivity contribution in [2.45, 2.75) is 17.0 Å². The summed E-state index contributed by atoms with van der Waals surface area (Å²) < 4.78 is 29.3. The summed E-state index contributed by atoms with van der Waals surface area (Å²) in [5.41, 5.74) is 2.28. The standard InChI is InChI=1S/C22H23N3O2S/c26-28(27,17-8-2-1-3-9-17)24-21-18-10-4-6-16-7-5-11-19(20(16)18)22(21)25-14-12-23-13-15-25/h1-11,21-24H,12-15H2/t21-,22-/m1/s1. The van der Waals surface area contributed by atoms with Crippen LogP contribution in [-0.4, -0.2) is 39.5 Å². The number of hydrogen-bond acceptors (Lipinski definition) is 4. The van der Waals surface area contributed by atoms with Crippen molar-refractivity contribution in [1.29, 1.82) is 0 Å². The van der Waals surface area contributed by atoms with Crippen molar-refractivity contribution < 1.29 is 8.42 Å². The monoisotopic (exact) mass is 393 g/mol. The topological polar surface area (TPSA) is 61.4 Å². The summed E-state index contributed by atoms with van der Waals surface area (Å²) in [4.78, 5) is 2.71. The van der Waals surface area contributed by atoms with Crippen LogP contribution in [0.5, 0.6) is 0 Å². The van der Waals surface area contributed by atoms with Gasteiger partial charge in [0.05, 0.1) is 17.0 Å². The van der Waals surface area contributed by atoms with Crippen LogP contribution < -0.4 is 10.0 Å². The van der Waals surface area contributed by atoms with E-state index in [4.69, 9.17) is 0 Å². The molecule has 144 valence electrons. The Hall–Kier alpha value is -2.25. The first kappa shape index (κ1) is 17.8. The quantitative estimate of drug-likeness (QED) is 0.716. The summed E-state index contributed by atoms with van der Waals surface area (Å²) in [5, 5.41) is 5.75. The number of benzene rings is 3. The third kappa shape index (κ3) is 2.93. The minimum Gasteiger partial charge on any atom is -0.314 e. The molecule has 0 amide bonds. The van der Waals surface area contributed by atoms with Gasteiger partial charge in [0.25, 0.3) is 0 Å². The van der Waals surface area contributed by atoms with Crippen molar-refractivity contribution in [2.75, 3.05) is 26.2 Å². The maximum Gasteiger partial charge on any atom is 0.241 e. The molecule has 1 fully saturated rings. The van der Waals surface area contributed by atoms with E-state index in [1.165, 1.54) is 10.9 Å². The molecular weight excluding hydrogens is 370 g/mol.